The Kier molecular flexibility index (Phi) is 5.30. The summed E-state index contributed by atoms with van der Waals surface area (Å²) >= 11 is 0. The molecule has 2 bridgehead atoms. The molecule has 0 spiro atoms. The molecule has 2 atom stereocenters. The van der Waals surface area contributed by atoms with Gasteiger partial charge in [0.05, 0.1) is 4.90 Å². The number of sulfonamides is 1. The maximum atomic E-state index is 13.2. The van der Waals surface area contributed by atoms with Gasteiger partial charge in [0.15, 0.2) is 0 Å². The van der Waals surface area contributed by atoms with Crippen LogP contribution in [0.1, 0.15) is 59.9 Å². The molecule has 2 fully saturated rings. The smallest absolute Gasteiger partial charge is 0.410 e. The molecule has 3 rings (SSSR count). The van der Waals surface area contributed by atoms with Gasteiger partial charge in [-0.25, -0.2) is 13.2 Å². The number of amides is 1. The lowest BCUT2D eigenvalue weighted by atomic mass is 9.87. The van der Waals surface area contributed by atoms with Crippen molar-refractivity contribution in [2.45, 2.75) is 82.4 Å². The maximum absolute atomic E-state index is 13.2. The molecule has 1 amide bonds. The molecule has 1 aromatic carbocycles. The molecule has 0 aromatic heterocycles. The summed E-state index contributed by atoms with van der Waals surface area (Å²) < 4.78 is 33.4. The van der Waals surface area contributed by atoms with Gasteiger partial charge in [0.2, 0.25) is 10.0 Å². The highest BCUT2D eigenvalue weighted by Crippen LogP contribution is 2.34. The van der Waals surface area contributed by atoms with Crippen molar-refractivity contribution in [1.82, 2.24) is 9.21 Å². The van der Waals surface area contributed by atoms with Crippen molar-refractivity contribution in [2.75, 3.05) is 13.1 Å². The van der Waals surface area contributed by atoms with E-state index in [0.717, 1.165) is 18.4 Å². The average molecular weight is 409 g/mol. The van der Waals surface area contributed by atoms with Gasteiger partial charge in [-0.15, -0.1) is 0 Å². The normalized spacial score (nSPS) is 23.7. The van der Waals surface area contributed by atoms with Gasteiger partial charge in [-0.2, -0.15) is 4.31 Å². The van der Waals surface area contributed by atoms with Crippen LogP contribution < -0.4 is 0 Å². The fourth-order valence-corrected chi connectivity index (χ4v) is 5.46. The van der Waals surface area contributed by atoms with Gasteiger partial charge in [0, 0.05) is 25.2 Å². The first-order valence-corrected chi connectivity index (χ1v) is 11.3. The Bertz CT molecular complexity index is 821. The highest BCUT2D eigenvalue weighted by molar-refractivity contribution is 7.89. The fourth-order valence-electron chi connectivity index (χ4n) is 3.95. The first-order valence-electron chi connectivity index (χ1n) is 9.91. The van der Waals surface area contributed by atoms with Crippen LogP contribution >= 0.6 is 0 Å². The van der Waals surface area contributed by atoms with Crippen LogP contribution in [0.5, 0.6) is 0 Å². The molecule has 6 nitrogen and oxygen atoms in total. The van der Waals surface area contributed by atoms with E-state index in [1.807, 2.05) is 32.9 Å². The van der Waals surface area contributed by atoms with Crippen LogP contribution in [-0.2, 0) is 20.2 Å². The van der Waals surface area contributed by atoms with Gasteiger partial charge in [-0.05, 0) is 56.7 Å². The lowest BCUT2D eigenvalue weighted by Crippen LogP contribution is -2.57. The van der Waals surface area contributed by atoms with Crippen LogP contribution in [0.25, 0.3) is 0 Å². The van der Waals surface area contributed by atoms with Crippen LogP contribution in [0, 0.1) is 0 Å². The van der Waals surface area contributed by atoms with Crippen molar-refractivity contribution >= 4 is 16.1 Å². The molecule has 0 N–H and O–H groups in total. The first kappa shape index (κ1) is 21.1. The topological polar surface area (TPSA) is 66.9 Å². The number of hydrogen-bond acceptors (Lipinski definition) is 4. The molecule has 2 aliphatic heterocycles. The molecular formula is C21H32N2O4S. The summed E-state index contributed by atoms with van der Waals surface area (Å²) in [7, 11) is -3.58. The van der Waals surface area contributed by atoms with Crippen LogP contribution in [0.2, 0.25) is 0 Å². The molecule has 156 valence electrons. The van der Waals surface area contributed by atoms with E-state index < -0.39 is 15.6 Å². The molecule has 2 heterocycles. The Morgan fingerprint density at radius 1 is 0.964 bits per heavy atom. The summed E-state index contributed by atoms with van der Waals surface area (Å²) in [6.07, 6.45) is 1.27. The molecule has 2 saturated heterocycles. The summed E-state index contributed by atoms with van der Waals surface area (Å²) in [6.45, 7) is 12.5. The third kappa shape index (κ3) is 4.20. The van der Waals surface area contributed by atoms with Crippen molar-refractivity contribution in [1.29, 1.82) is 0 Å². The minimum Gasteiger partial charge on any atom is -0.444 e. The number of hydrogen-bond donors (Lipinski definition) is 0. The van der Waals surface area contributed by atoms with Crippen LogP contribution in [0.15, 0.2) is 29.2 Å². The van der Waals surface area contributed by atoms with Gasteiger partial charge >= 0.3 is 6.09 Å². The van der Waals surface area contributed by atoms with E-state index in [-0.39, 0.29) is 23.6 Å². The number of fused-ring (bicyclic) bond motifs is 2. The van der Waals surface area contributed by atoms with E-state index in [1.165, 1.54) is 4.31 Å². The van der Waals surface area contributed by atoms with E-state index >= 15 is 0 Å². The molecule has 0 aliphatic carbocycles. The number of benzene rings is 1. The van der Waals surface area contributed by atoms with Gasteiger partial charge in [0.1, 0.15) is 5.60 Å². The van der Waals surface area contributed by atoms with E-state index in [4.69, 9.17) is 4.74 Å². The molecule has 2 aliphatic rings. The standard InChI is InChI=1S/C21H32N2O4S/c1-20(2,3)15-7-11-18(12-8-15)28(25,26)22-13-16-9-10-17(14-22)23(16)19(24)27-21(4,5)6/h7-8,11-12,16-17H,9-10,13-14H2,1-6H3/t16-,17+. The van der Waals surface area contributed by atoms with E-state index in [9.17, 15) is 13.2 Å². The minimum absolute atomic E-state index is 0.0273. The Hall–Kier alpha value is -1.60. The number of carbonyl (C=O) groups excluding carboxylic acids is 1. The quantitative estimate of drug-likeness (QED) is 0.747. The zero-order valence-corrected chi connectivity index (χ0v) is 18.5. The van der Waals surface area contributed by atoms with E-state index in [0.29, 0.717) is 18.0 Å². The van der Waals surface area contributed by atoms with Crippen LogP contribution in [0.4, 0.5) is 4.79 Å². The van der Waals surface area contributed by atoms with E-state index in [1.54, 1.807) is 17.0 Å². The highest BCUT2D eigenvalue weighted by atomic mass is 32.2. The summed E-state index contributed by atoms with van der Waals surface area (Å²) in [6, 6.07) is 6.90. The second-order valence-electron chi connectivity index (χ2n) is 9.87. The molecule has 7 heteroatoms. The zero-order chi connectivity index (χ0) is 20.9. The van der Waals surface area contributed by atoms with Gasteiger partial charge in [-0.3, -0.25) is 4.90 Å². The monoisotopic (exact) mass is 408 g/mol. The van der Waals surface area contributed by atoms with Crippen molar-refractivity contribution in [3.63, 3.8) is 0 Å². The lowest BCUT2D eigenvalue weighted by molar-refractivity contribution is 0.00382. The summed E-state index contributed by atoms with van der Waals surface area (Å²) in [5.74, 6) is 0. The number of nitrogens with zero attached hydrogens (tertiary/aromatic N) is 2. The Labute approximate surface area is 168 Å². The Balaban J connectivity index is 1.77. The number of ether oxygens (including phenoxy) is 1. The van der Waals surface area contributed by atoms with Crippen LogP contribution in [0.3, 0.4) is 0 Å². The average Bonchev–Trinajstić information content (AvgIpc) is 2.82. The third-order valence-corrected chi connectivity index (χ3v) is 7.26. The fraction of sp³-hybridized carbons (Fsp3) is 0.667. The van der Waals surface area contributed by atoms with Crippen LogP contribution in [-0.4, -0.2) is 54.5 Å². The largest absolute Gasteiger partial charge is 0.444 e. The number of piperazine rings is 1. The molecule has 1 aromatic rings. The zero-order valence-electron chi connectivity index (χ0n) is 17.7. The second kappa shape index (κ2) is 7.02. The molecular weight excluding hydrogens is 376 g/mol. The summed E-state index contributed by atoms with van der Waals surface area (Å²) in [5, 5.41) is 0. The van der Waals surface area contributed by atoms with Crippen molar-refractivity contribution in [3.05, 3.63) is 29.8 Å². The molecule has 0 radical (unpaired) electrons. The van der Waals surface area contributed by atoms with Crippen molar-refractivity contribution in [2.24, 2.45) is 0 Å². The highest BCUT2D eigenvalue weighted by Gasteiger charge is 2.47. The molecule has 0 unspecified atom stereocenters. The van der Waals surface area contributed by atoms with Gasteiger partial charge < -0.3 is 4.74 Å². The molecule has 0 saturated carbocycles. The lowest BCUT2D eigenvalue weighted by Gasteiger charge is -2.40. The maximum Gasteiger partial charge on any atom is 0.410 e. The number of carbonyl (C=O) groups is 1. The predicted molar refractivity (Wildman–Crippen MR) is 109 cm³/mol. The number of rotatable bonds is 2. The van der Waals surface area contributed by atoms with Crippen molar-refractivity contribution in [3.8, 4) is 0 Å². The van der Waals surface area contributed by atoms with Crippen molar-refractivity contribution < 1.29 is 17.9 Å². The van der Waals surface area contributed by atoms with Gasteiger partial charge in [-0.1, -0.05) is 32.9 Å². The molecule has 28 heavy (non-hydrogen) atoms. The minimum atomic E-state index is -3.58. The van der Waals surface area contributed by atoms with E-state index in [2.05, 4.69) is 20.8 Å². The summed E-state index contributed by atoms with van der Waals surface area (Å²) in [5.41, 5.74) is 0.510. The predicted octanol–water partition coefficient (Wildman–Crippen LogP) is 3.76. The Morgan fingerprint density at radius 2 is 1.46 bits per heavy atom. The Morgan fingerprint density at radius 3 is 1.89 bits per heavy atom. The second-order valence-corrected chi connectivity index (χ2v) is 11.8. The SMILES string of the molecule is CC(C)(C)OC(=O)N1[C@@H]2CC[C@H]1CN(S(=O)(=O)c1ccc(C(C)(C)C)cc1)C2. The summed E-state index contributed by atoms with van der Waals surface area (Å²) in [4.78, 5) is 14.6. The third-order valence-electron chi connectivity index (χ3n) is 5.41. The van der Waals surface area contributed by atoms with Gasteiger partial charge in [0.25, 0.3) is 0 Å². The first-order chi connectivity index (χ1) is 12.8.